The number of esters is 1. The molecule has 0 aliphatic carbocycles. The average Bonchev–Trinajstić information content (AvgIpc) is 3.00. The van der Waals surface area contributed by atoms with Gasteiger partial charge >= 0.3 is 5.97 Å². The zero-order valence-corrected chi connectivity index (χ0v) is 15.7. The van der Waals surface area contributed by atoms with Gasteiger partial charge in [0.2, 0.25) is 0 Å². The van der Waals surface area contributed by atoms with E-state index < -0.39 is 0 Å². The average molecular weight is 370 g/mol. The van der Waals surface area contributed by atoms with Gasteiger partial charge in [-0.3, -0.25) is 4.79 Å². The molecular formula is C17H23NO4S2. The molecule has 0 saturated heterocycles. The number of carbonyl (C=O) groups excluding carboxylic acids is 1. The molecule has 0 aliphatic heterocycles. The van der Waals surface area contributed by atoms with E-state index in [1.54, 1.807) is 18.9 Å². The van der Waals surface area contributed by atoms with Crippen LogP contribution in [0.4, 0.5) is 0 Å². The van der Waals surface area contributed by atoms with Crippen LogP contribution in [0.15, 0.2) is 33.9 Å². The summed E-state index contributed by atoms with van der Waals surface area (Å²) >= 11 is 3.04. The van der Waals surface area contributed by atoms with Crippen LogP contribution in [0.1, 0.15) is 19.8 Å². The van der Waals surface area contributed by atoms with Crippen LogP contribution < -0.4 is 0 Å². The van der Waals surface area contributed by atoms with Gasteiger partial charge in [0.15, 0.2) is 5.58 Å². The molecule has 0 spiro atoms. The predicted molar refractivity (Wildman–Crippen MR) is 98.7 cm³/mol. The number of oxazole rings is 1. The lowest BCUT2D eigenvalue weighted by molar-refractivity contribution is -0.146. The third-order valence-corrected chi connectivity index (χ3v) is 5.17. The number of fused-ring (bicyclic) bond motifs is 1. The van der Waals surface area contributed by atoms with Crippen LogP contribution in [-0.2, 0) is 14.3 Å². The summed E-state index contributed by atoms with van der Waals surface area (Å²) in [5.74, 6) is 1.73. The second-order valence-corrected chi connectivity index (χ2v) is 7.31. The van der Waals surface area contributed by atoms with Gasteiger partial charge in [-0.25, -0.2) is 4.98 Å². The Balaban J connectivity index is 1.77. The first kappa shape index (κ1) is 19.1. The van der Waals surface area contributed by atoms with E-state index in [2.05, 4.69) is 11.9 Å². The van der Waals surface area contributed by atoms with E-state index in [1.807, 2.05) is 24.3 Å². The van der Waals surface area contributed by atoms with Crippen LogP contribution in [0, 0.1) is 0 Å². The van der Waals surface area contributed by atoms with E-state index in [0.717, 1.165) is 22.6 Å². The Hall–Kier alpha value is -1.18. The Morgan fingerprint density at radius 1 is 1.38 bits per heavy atom. The van der Waals surface area contributed by atoms with Gasteiger partial charge in [-0.1, -0.05) is 37.2 Å². The number of methoxy groups -OCH3 is 1. The highest BCUT2D eigenvalue weighted by atomic mass is 32.2. The van der Waals surface area contributed by atoms with Gasteiger partial charge in [0, 0.05) is 12.9 Å². The fourth-order valence-electron chi connectivity index (χ4n) is 2.02. The number of aromatic nitrogens is 1. The van der Waals surface area contributed by atoms with Crippen LogP contribution in [0.3, 0.4) is 0 Å². The molecule has 0 fully saturated rings. The number of ether oxygens (including phenoxy) is 2. The Morgan fingerprint density at radius 3 is 2.96 bits per heavy atom. The number of unbranched alkanes of at least 4 members (excludes halogenated alkanes) is 1. The molecule has 0 amide bonds. The van der Waals surface area contributed by atoms with Crippen molar-refractivity contribution in [2.24, 2.45) is 0 Å². The molecule has 24 heavy (non-hydrogen) atoms. The largest absolute Gasteiger partial charge is 0.458 e. The summed E-state index contributed by atoms with van der Waals surface area (Å²) in [4.78, 5) is 16.4. The van der Waals surface area contributed by atoms with Crippen molar-refractivity contribution >= 4 is 40.6 Å². The second kappa shape index (κ2) is 10.6. The molecule has 7 heteroatoms. The van der Waals surface area contributed by atoms with Crippen LogP contribution in [-0.4, -0.2) is 48.0 Å². The van der Waals surface area contributed by atoms with Crippen molar-refractivity contribution in [3.63, 3.8) is 0 Å². The van der Waals surface area contributed by atoms with Gasteiger partial charge in [-0.15, -0.1) is 0 Å². The van der Waals surface area contributed by atoms with Crippen molar-refractivity contribution in [1.82, 2.24) is 4.98 Å². The third kappa shape index (κ3) is 6.37. The van der Waals surface area contributed by atoms with E-state index in [1.165, 1.54) is 24.6 Å². The quantitative estimate of drug-likeness (QED) is 0.337. The molecular weight excluding hydrogens is 346 g/mol. The second-order valence-electron chi connectivity index (χ2n) is 5.23. The molecule has 0 N–H and O–H groups in total. The summed E-state index contributed by atoms with van der Waals surface area (Å²) in [6, 6.07) is 7.52. The van der Waals surface area contributed by atoms with Gasteiger partial charge in [-0.05, 0) is 24.3 Å². The Morgan fingerprint density at radius 2 is 2.21 bits per heavy atom. The molecule has 5 nitrogen and oxygen atoms in total. The number of hydrogen-bond acceptors (Lipinski definition) is 7. The zero-order valence-electron chi connectivity index (χ0n) is 14.0. The van der Waals surface area contributed by atoms with E-state index >= 15 is 0 Å². The van der Waals surface area contributed by atoms with Crippen molar-refractivity contribution in [3.05, 3.63) is 24.3 Å². The van der Waals surface area contributed by atoms with E-state index in [9.17, 15) is 4.79 Å². The van der Waals surface area contributed by atoms with E-state index in [4.69, 9.17) is 13.9 Å². The first-order valence-electron chi connectivity index (χ1n) is 7.97. The highest BCUT2D eigenvalue weighted by Gasteiger charge is 2.16. The normalized spacial score (nSPS) is 12.4. The van der Waals surface area contributed by atoms with Crippen molar-refractivity contribution in [3.8, 4) is 0 Å². The van der Waals surface area contributed by atoms with Crippen LogP contribution >= 0.6 is 23.5 Å². The summed E-state index contributed by atoms with van der Waals surface area (Å²) < 4.78 is 16.2. The summed E-state index contributed by atoms with van der Waals surface area (Å²) in [5, 5.41) is 0.480. The van der Waals surface area contributed by atoms with E-state index in [0.29, 0.717) is 11.8 Å². The van der Waals surface area contributed by atoms with Crippen LogP contribution in [0.2, 0.25) is 0 Å². The minimum absolute atomic E-state index is 0.173. The maximum Gasteiger partial charge on any atom is 0.316 e. The van der Waals surface area contributed by atoms with Gasteiger partial charge in [0.1, 0.15) is 17.4 Å². The maximum atomic E-state index is 12.0. The summed E-state index contributed by atoms with van der Waals surface area (Å²) in [7, 11) is 1.62. The molecule has 0 radical (unpaired) electrons. The predicted octanol–water partition coefficient (Wildman–Crippen LogP) is 4.01. The van der Waals surface area contributed by atoms with Gasteiger partial charge < -0.3 is 13.9 Å². The van der Waals surface area contributed by atoms with Gasteiger partial charge in [0.25, 0.3) is 5.22 Å². The number of rotatable bonds is 11. The smallest absolute Gasteiger partial charge is 0.316 e. The highest BCUT2D eigenvalue weighted by Crippen LogP contribution is 2.23. The highest BCUT2D eigenvalue weighted by molar-refractivity contribution is 7.99. The standard InChI is InChI=1S/C17H23NO4S2/c1-3-4-9-23-11-13(10-20-2)21-16(19)12-24-17-18-14-7-5-6-8-15(14)22-17/h5-8,13H,3-4,9-12H2,1-2H3. The number of nitrogens with zero attached hydrogens (tertiary/aromatic N) is 1. The van der Waals surface area contributed by atoms with E-state index in [-0.39, 0.29) is 17.8 Å². The Bertz CT molecular complexity index is 599. The molecule has 2 aromatic rings. The molecule has 1 unspecified atom stereocenters. The molecule has 1 heterocycles. The molecule has 132 valence electrons. The number of thioether (sulfide) groups is 2. The molecule has 0 bridgehead atoms. The number of para-hydroxylation sites is 2. The van der Waals surface area contributed by atoms with Crippen molar-refractivity contribution in [1.29, 1.82) is 0 Å². The lowest BCUT2D eigenvalue weighted by Gasteiger charge is -2.16. The summed E-state index contributed by atoms with van der Waals surface area (Å²) in [6.45, 7) is 2.58. The monoisotopic (exact) mass is 369 g/mol. The minimum Gasteiger partial charge on any atom is -0.458 e. The third-order valence-electron chi connectivity index (χ3n) is 3.18. The molecule has 1 aromatic heterocycles. The fourth-order valence-corrected chi connectivity index (χ4v) is 3.72. The van der Waals surface area contributed by atoms with Crippen LogP contribution in [0.5, 0.6) is 0 Å². The number of hydrogen-bond donors (Lipinski definition) is 0. The molecule has 0 saturated carbocycles. The maximum absolute atomic E-state index is 12.0. The Labute approximate surface area is 150 Å². The molecule has 2 rings (SSSR count). The molecule has 0 aliphatic rings. The van der Waals surface area contributed by atoms with Crippen molar-refractivity contribution in [2.75, 3.05) is 31.0 Å². The minimum atomic E-state index is -0.277. The lowest BCUT2D eigenvalue weighted by Crippen LogP contribution is -2.26. The molecule has 1 aromatic carbocycles. The first-order valence-corrected chi connectivity index (χ1v) is 10.1. The molecule has 1 atom stereocenters. The number of benzene rings is 1. The SMILES string of the molecule is CCCCSCC(COC)OC(=O)CSc1nc2ccccc2o1. The van der Waals surface area contributed by atoms with Gasteiger partial charge in [-0.2, -0.15) is 11.8 Å². The fraction of sp³-hybridized carbons (Fsp3) is 0.529. The first-order chi connectivity index (χ1) is 11.7. The van der Waals surface area contributed by atoms with Crippen LogP contribution in [0.25, 0.3) is 11.1 Å². The van der Waals surface area contributed by atoms with Crippen molar-refractivity contribution < 1.29 is 18.7 Å². The zero-order chi connectivity index (χ0) is 17.2. The summed E-state index contributed by atoms with van der Waals surface area (Å²) in [6.07, 6.45) is 2.13. The van der Waals surface area contributed by atoms with Gasteiger partial charge in [0.05, 0.1) is 6.61 Å². The lowest BCUT2D eigenvalue weighted by atomic mass is 10.3. The van der Waals surface area contributed by atoms with Crippen molar-refractivity contribution in [2.45, 2.75) is 31.1 Å². The Kier molecular flexibility index (Phi) is 8.49. The topological polar surface area (TPSA) is 61.6 Å². The number of carbonyl (C=O) groups is 1. The summed E-state index contributed by atoms with van der Waals surface area (Å²) in [5.41, 5.74) is 1.51.